The molecule has 4 nitrogen and oxygen atoms in total. The second-order valence-corrected chi connectivity index (χ2v) is 8.47. The quantitative estimate of drug-likeness (QED) is 0.847. The molecule has 0 aliphatic heterocycles. The molecular formula is C15H20FNO3S. The molecule has 0 saturated heterocycles. The lowest BCUT2D eigenvalue weighted by Gasteiger charge is -2.18. The molecule has 6 heteroatoms. The standard InChI is InChI=1S/C15H20FNO3S/c1-15(2,3)21(19,20)11-10-17-14(18)9-6-12-4-7-13(16)8-5-12/h4-9H,10-11H2,1-3H3,(H,17,18)/b9-6-. The molecule has 21 heavy (non-hydrogen) atoms. The number of carbonyl (C=O) groups excluding carboxylic acids is 1. The van der Waals surface area contributed by atoms with Crippen molar-refractivity contribution in [3.8, 4) is 0 Å². The maximum Gasteiger partial charge on any atom is 0.244 e. The summed E-state index contributed by atoms with van der Waals surface area (Å²) in [6.07, 6.45) is 2.82. The van der Waals surface area contributed by atoms with Gasteiger partial charge in [0.05, 0.1) is 10.5 Å². The first-order chi connectivity index (χ1) is 9.62. The molecule has 0 bridgehead atoms. The predicted molar refractivity (Wildman–Crippen MR) is 82.0 cm³/mol. The molecule has 0 fully saturated rings. The third-order valence-corrected chi connectivity index (χ3v) is 5.51. The van der Waals surface area contributed by atoms with Gasteiger partial charge in [0.25, 0.3) is 0 Å². The Kier molecular flexibility index (Phi) is 5.66. The average molecular weight is 313 g/mol. The van der Waals surface area contributed by atoms with Crippen LogP contribution in [0.2, 0.25) is 0 Å². The zero-order chi connectivity index (χ0) is 16.1. The summed E-state index contributed by atoms with van der Waals surface area (Å²) in [4.78, 5) is 11.6. The van der Waals surface area contributed by atoms with Crippen molar-refractivity contribution in [2.75, 3.05) is 12.3 Å². The Bertz CT molecular complexity index is 613. The second kappa shape index (κ2) is 6.85. The summed E-state index contributed by atoms with van der Waals surface area (Å²) in [5.41, 5.74) is 0.689. The number of amides is 1. The van der Waals surface area contributed by atoms with Gasteiger partial charge in [0.15, 0.2) is 9.84 Å². The highest BCUT2D eigenvalue weighted by Crippen LogP contribution is 2.15. The molecule has 1 amide bonds. The number of carbonyl (C=O) groups is 1. The zero-order valence-corrected chi connectivity index (χ0v) is 13.2. The minimum absolute atomic E-state index is 0.0617. The number of hydrogen-bond acceptors (Lipinski definition) is 3. The number of hydrogen-bond donors (Lipinski definition) is 1. The van der Waals surface area contributed by atoms with Gasteiger partial charge >= 0.3 is 0 Å². The van der Waals surface area contributed by atoms with Crippen LogP contribution in [0.4, 0.5) is 4.39 Å². The number of rotatable bonds is 5. The van der Waals surface area contributed by atoms with Crippen LogP contribution in [-0.4, -0.2) is 31.4 Å². The summed E-state index contributed by atoms with van der Waals surface area (Å²) in [5.74, 6) is -0.834. The molecule has 1 aromatic carbocycles. The minimum Gasteiger partial charge on any atom is -0.352 e. The number of sulfone groups is 1. The van der Waals surface area contributed by atoms with Crippen molar-refractivity contribution in [3.63, 3.8) is 0 Å². The first kappa shape index (κ1) is 17.4. The third-order valence-electron chi connectivity index (χ3n) is 2.90. The summed E-state index contributed by atoms with van der Waals surface area (Å²) < 4.78 is 35.5. The van der Waals surface area contributed by atoms with Gasteiger partial charge in [-0.25, -0.2) is 12.8 Å². The van der Waals surface area contributed by atoms with Gasteiger partial charge in [-0.3, -0.25) is 4.79 Å². The molecule has 1 N–H and O–H groups in total. The van der Waals surface area contributed by atoms with E-state index < -0.39 is 14.6 Å². The van der Waals surface area contributed by atoms with E-state index in [1.807, 2.05) is 0 Å². The smallest absolute Gasteiger partial charge is 0.244 e. The summed E-state index contributed by atoms with van der Waals surface area (Å²) in [7, 11) is -3.25. The Labute approximate surface area is 125 Å². The van der Waals surface area contributed by atoms with Crippen LogP contribution in [0.5, 0.6) is 0 Å². The van der Waals surface area contributed by atoms with E-state index in [0.717, 1.165) is 0 Å². The number of nitrogens with one attached hydrogen (secondary N) is 1. The van der Waals surface area contributed by atoms with Crippen LogP contribution in [0.3, 0.4) is 0 Å². The van der Waals surface area contributed by atoms with Crippen molar-refractivity contribution in [1.29, 1.82) is 0 Å². The van der Waals surface area contributed by atoms with Crippen LogP contribution < -0.4 is 5.32 Å². The van der Waals surface area contributed by atoms with Gasteiger partial charge in [0.2, 0.25) is 5.91 Å². The molecule has 0 aliphatic rings. The lowest BCUT2D eigenvalue weighted by Crippen LogP contribution is -2.36. The lowest BCUT2D eigenvalue weighted by molar-refractivity contribution is -0.116. The molecular weight excluding hydrogens is 293 g/mol. The molecule has 0 heterocycles. The van der Waals surface area contributed by atoms with Gasteiger partial charge in [-0.1, -0.05) is 12.1 Å². The summed E-state index contributed by atoms with van der Waals surface area (Å²) >= 11 is 0. The first-order valence-electron chi connectivity index (χ1n) is 6.55. The normalized spacial score (nSPS) is 12.6. The molecule has 0 unspecified atom stereocenters. The first-order valence-corrected chi connectivity index (χ1v) is 8.21. The maximum atomic E-state index is 12.7. The Morgan fingerprint density at radius 3 is 2.33 bits per heavy atom. The second-order valence-electron chi connectivity index (χ2n) is 5.61. The largest absolute Gasteiger partial charge is 0.352 e. The fraction of sp³-hybridized carbons (Fsp3) is 0.400. The van der Waals surface area contributed by atoms with E-state index in [-0.39, 0.29) is 24.0 Å². The molecule has 1 aromatic rings. The van der Waals surface area contributed by atoms with Crippen LogP contribution in [-0.2, 0) is 14.6 Å². The lowest BCUT2D eigenvalue weighted by atomic mass is 10.2. The van der Waals surface area contributed by atoms with Crippen molar-refractivity contribution in [1.82, 2.24) is 5.32 Å². The molecule has 0 aliphatic carbocycles. The van der Waals surface area contributed by atoms with Crippen LogP contribution in [0, 0.1) is 5.82 Å². The van der Waals surface area contributed by atoms with Crippen molar-refractivity contribution in [3.05, 3.63) is 41.7 Å². The van der Waals surface area contributed by atoms with Gasteiger partial charge in [0, 0.05) is 12.6 Å². The van der Waals surface area contributed by atoms with Gasteiger partial charge < -0.3 is 5.32 Å². The molecule has 0 atom stereocenters. The molecule has 0 radical (unpaired) electrons. The van der Waals surface area contributed by atoms with Gasteiger partial charge in [0.1, 0.15) is 5.82 Å². The fourth-order valence-corrected chi connectivity index (χ4v) is 2.40. The van der Waals surface area contributed by atoms with E-state index in [9.17, 15) is 17.6 Å². The van der Waals surface area contributed by atoms with E-state index in [1.165, 1.54) is 24.3 Å². The van der Waals surface area contributed by atoms with E-state index in [2.05, 4.69) is 5.32 Å². The molecule has 0 spiro atoms. The highest BCUT2D eigenvalue weighted by Gasteiger charge is 2.28. The summed E-state index contributed by atoms with van der Waals surface area (Å²) in [6.45, 7) is 4.93. The van der Waals surface area contributed by atoms with Crippen molar-refractivity contribution < 1.29 is 17.6 Å². The highest BCUT2D eigenvalue weighted by molar-refractivity contribution is 7.92. The maximum absolute atomic E-state index is 12.7. The topological polar surface area (TPSA) is 63.2 Å². The van der Waals surface area contributed by atoms with E-state index in [4.69, 9.17) is 0 Å². The van der Waals surface area contributed by atoms with Gasteiger partial charge in [-0.2, -0.15) is 0 Å². The molecule has 0 aromatic heterocycles. The monoisotopic (exact) mass is 313 g/mol. The molecule has 116 valence electrons. The van der Waals surface area contributed by atoms with Gasteiger partial charge in [-0.05, 0) is 44.5 Å². The zero-order valence-electron chi connectivity index (χ0n) is 12.4. The Morgan fingerprint density at radius 1 is 1.24 bits per heavy atom. The van der Waals surface area contributed by atoms with Crippen molar-refractivity contribution in [2.45, 2.75) is 25.5 Å². The summed E-state index contributed by atoms with van der Waals surface area (Å²) in [6, 6.07) is 5.69. The fourth-order valence-electron chi connectivity index (χ4n) is 1.42. The predicted octanol–water partition coefficient (Wildman–Crippen LogP) is 2.17. The minimum atomic E-state index is -3.25. The van der Waals surface area contributed by atoms with Crippen molar-refractivity contribution >= 4 is 21.8 Å². The van der Waals surface area contributed by atoms with E-state index in [1.54, 1.807) is 32.9 Å². The van der Waals surface area contributed by atoms with Crippen LogP contribution in [0.1, 0.15) is 26.3 Å². The highest BCUT2D eigenvalue weighted by atomic mass is 32.2. The molecule has 1 rings (SSSR count). The Balaban J connectivity index is 2.47. The van der Waals surface area contributed by atoms with Crippen molar-refractivity contribution in [2.24, 2.45) is 0 Å². The van der Waals surface area contributed by atoms with E-state index >= 15 is 0 Å². The number of benzene rings is 1. The Morgan fingerprint density at radius 2 is 1.81 bits per heavy atom. The van der Waals surface area contributed by atoms with Gasteiger partial charge in [-0.15, -0.1) is 0 Å². The molecule has 0 saturated carbocycles. The van der Waals surface area contributed by atoms with Crippen LogP contribution in [0.15, 0.2) is 30.3 Å². The summed E-state index contributed by atoms with van der Waals surface area (Å²) in [5, 5.41) is 2.51. The average Bonchev–Trinajstić information content (AvgIpc) is 2.36. The number of halogens is 1. The van der Waals surface area contributed by atoms with Crippen LogP contribution >= 0.6 is 0 Å². The third kappa shape index (κ3) is 5.67. The Hall–Kier alpha value is -1.69. The SMILES string of the molecule is CC(C)(C)S(=O)(=O)CCNC(=O)/C=C\c1ccc(F)cc1. The van der Waals surface area contributed by atoms with Crippen LogP contribution in [0.25, 0.3) is 6.08 Å². The van der Waals surface area contributed by atoms with E-state index in [0.29, 0.717) is 5.56 Å².